The first-order chi connectivity index (χ1) is 13.2. The number of H-pyrrole nitrogens is 1. The fourth-order valence-electron chi connectivity index (χ4n) is 3.38. The lowest BCUT2D eigenvalue weighted by Gasteiger charge is -2.23. The molecular weight excluding hydrogens is 334 g/mol. The number of hydrogen-bond acceptors (Lipinski definition) is 3. The smallest absolute Gasteiger partial charge is 0.259 e. The van der Waals surface area contributed by atoms with Crippen LogP contribution < -0.4 is 5.56 Å². The van der Waals surface area contributed by atoms with Gasteiger partial charge < -0.3 is 4.98 Å². The molecule has 0 aliphatic carbocycles. The number of unbranched alkanes of at least 4 members (excludes halogenated alkanes) is 2. The van der Waals surface area contributed by atoms with Gasteiger partial charge in [-0.1, -0.05) is 63.1 Å². The van der Waals surface area contributed by atoms with E-state index in [2.05, 4.69) is 41.9 Å². The molecule has 0 bridgehead atoms. The van der Waals surface area contributed by atoms with Gasteiger partial charge in [0.05, 0.1) is 10.9 Å². The number of nitrogens with zero attached hydrogens (tertiary/aromatic N) is 2. The number of aromatic amines is 1. The number of para-hydroxylation sites is 1. The van der Waals surface area contributed by atoms with Gasteiger partial charge in [0.15, 0.2) is 0 Å². The molecule has 142 valence electrons. The van der Waals surface area contributed by atoms with E-state index >= 15 is 0 Å². The maximum Gasteiger partial charge on any atom is 0.259 e. The first kappa shape index (κ1) is 19.3. The van der Waals surface area contributed by atoms with Crippen LogP contribution in [0.2, 0.25) is 0 Å². The van der Waals surface area contributed by atoms with Gasteiger partial charge in [-0.3, -0.25) is 9.69 Å². The van der Waals surface area contributed by atoms with Crippen LogP contribution in [-0.2, 0) is 6.54 Å². The Morgan fingerprint density at radius 1 is 0.926 bits per heavy atom. The van der Waals surface area contributed by atoms with E-state index in [1.807, 2.05) is 30.3 Å². The second-order valence-electron chi connectivity index (χ2n) is 7.07. The minimum absolute atomic E-state index is 0.0841. The molecule has 0 fully saturated rings. The topological polar surface area (TPSA) is 49.0 Å². The van der Waals surface area contributed by atoms with E-state index in [0.717, 1.165) is 30.7 Å². The maximum absolute atomic E-state index is 12.5. The molecule has 0 unspecified atom stereocenters. The summed E-state index contributed by atoms with van der Waals surface area (Å²) in [4.78, 5) is 22.7. The van der Waals surface area contributed by atoms with Crippen molar-refractivity contribution in [3.05, 3.63) is 64.4 Å². The van der Waals surface area contributed by atoms with Gasteiger partial charge in [0.2, 0.25) is 0 Å². The van der Waals surface area contributed by atoms with Crippen LogP contribution in [0.15, 0.2) is 53.3 Å². The van der Waals surface area contributed by atoms with Crippen LogP contribution in [0, 0.1) is 0 Å². The van der Waals surface area contributed by atoms with E-state index < -0.39 is 0 Å². The Morgan fingerprint density at radius 3 is 2.33 bits per heavy atom. The highest BCUT2D eigenvalue weighted by Crippen LogP contribution is 2.22. The fraction of sp³-hybridized carbons (Fsp3) is 0.391. The Hall–Kier alpha value is -2.46. The molecule has 0 amide bonds. The molecule has 0 spiro atoms. The molecule has 0 saturated heterocycles. The third kappa shape index (κ3) is 4.83. The van der Waals surface area contributed by atoms with E-state index in [-0.39, 0.29) is 5.56 Å². The van der Waals surface area contributed by atoms with Gasteiger partial charge in [-0.25, -0.2) is 4.98 Å². The molecule has 4 nitrogen and oxygen atoms in total. The van der Waals surface area contributed by atoms with E-state index in [9.17, 15) is 4.79 Å². The molecular formula is C23H29N3O. The Kier molecular flexibility index (Phi) is 6.77. The van der Waals surface area contributed by atoms with Gasteiger partial charge in [-0.2, -0.15) is 0 Å². The molecule has 3 rings (SSSR count). The second-order valence-corrected chi connectivity index (χ2v) is 7.07. The third-order valence-electron chi connectivity index (χ3n) is 4.94. The summed E-state index contributed by atoms with van der Waals surface area (Å²) in [6.07, 6.45) is 4.81. The van der Waals surface area contributed by atoms with Crippen LogP contribution in [0.3, 0.4) is 0 Å². The van der Waals surface area contributed by atoms with Crippen molar-refractivity contribution in [1.82, 2.24) is 14.9 Å². The molecule has 1 heterocycles. The summed E-state index contributed by atoms with van der Waals surface area (Å²) < 4.78 is 0. The van der Waals surface area contributed by atoms with Gasteiger partial charge in [0.1, 0.15) is 5.82 Å². The van der Waals surface area contributed by atoms with E-state index in [1.165, 1.54) is 31.2 Å². The van der Waals surface area contributed by atoms with Crippen LogP contribution in [0.4, 0.5) is 0 Å². The van der Waals surface area contributed by atoms with E-state index in [4.69, 9.17) is 4.98 Å². The summed E-state index contributed by atoms with van der Waals surface area (Å²) in [5, 5.41) is 0.631. The lowest BCUT2D eigenvalue weighted by molar-refractivity contribution is 0.257. The van der Waals surface area contributed by atoms with Crippen LogP contribution in [0.1, 0.15) is 45.1 Å². The Bertz CT molecular complexity index is 924. The average Bonchev–Trinajstić information content (AvgIpc) is 2.70. The molecule has 3 aromatic rings. The first-order valence-corrected chi connectivity index (χ1v) is 10.0. The molecule has 0 radical (unpaired) electrons. The normalized spacial score (nSPS) is 11.4. The molecule has 27 heavy (non-hydrogen) atoms. The highest BCUT2D eigenvalue weighted by Gasteiger charge is 2.12. The number of benzene rings is 2. The molecule has 4 heteroatoms. The Balaban J connectivity index is 1.94. The maximum atomic E-state index is 12.5. The van der Waals surface area contributed by atoms with Gasteiger partial charge in [0, 0.05) is 12.1 Å². The standard InChI is InChI=1S/C23H29N3O/c1-3-5-15-26(16-6-4-2)17-18-11-7-8-12-19(18)22-24-21-14-10-9-13-20(21)23(27)25-22/h7-14H,3-6,15-17H2,1-2H3,(H,24,25,27). The molecule has 0 atom stereocenters. The highest BCUT2D eigenvalue weighted by molar-refractivity contribution is 5.79. The minimum Gasteiger partial charge on any atom is -0.306 e. The zero-order chi connectivity index (χ0) is 19.1. The molecule has 2 aromatic carbocycles. The van der Waals surface area contributed by atoms with Crippen molar-refractivity contribution >= 4 is 10.9 Å². The van der Waals surface area contributed by atoms with Crippen molar-refractivity contribution in [3.8, 4) is 11.4 Å². The molecule has 0 aliphatic heterocycles. The summed E-state index contributed by atoms with van der Waals surface area (Å²) in [6, 6.07) is 15.8. The van der Waals surface area contributed by atoms with Crippen LogP contribution in [0.5, 0.6) is 0 Å². The van der Waals surface area contributed by atoms with Crippen LogP contribution >= 0.6 is 0 Å². The summed E-state index contributed by atoms with van der Waals surface area (Å²) in [5.41, 5.74) is 2.88. The van der Waals surface area contributed by atoms with Crippen LogP contribution in [-0.4, -0.2) is 28.0 Å². The van der Waals surface area contributed by atoms with Crippen LogP contribution in [0.25, 0.3) is 22.3 Å². The lowest BCUT2D eigenvalue weighted by atomic mass is 10.1. The fourth-order valence-corrected chi connectivity index (χ4v) is 3.38. The van der Waals surface area contributed by atoms with Gasteiger partial charge in [-0.15, -0.1) is 0 Å². The number of rotatable bonds is 9. The van der Waals surface area contributed by atoms with Crippen molar-refractivity contribution < 1.29 is 0 Å². The summed E-state index contributed by atoms with van der Waals surface area (Å²) in [5.74, 6) is 0.653. The second kappa shape index (κ2) is 9.47. The summed E-state index contributed by atoms with van der Waals surface area (Å²) in [6.45, 7) is 7.55. The predicted octanol–water partition coefficient (Wildman–Crippen LogP) is 4.99. The largest absolute Gasteiger partial charge is 0.306 e. The predicted molar refractivity (Wildman–Crippen MR) is 113 cm³/mol. The van der Waals surface area contributed by atoms with E-state index in [1.54, 1.807) is 0 Å². The summed E-state index contributed by atoms with van der Waals surface area (Å²) >= 11 is 0. The Labute approximate surface area is 161 Å². The lowest BCUT2D eigenvalue weighted by Crippen LogP contribution is -2.26. The quantitative estimate of drug-likeness (QED) is 0.582. The number of aromatic nitrogens is 2. The SMILES string of the molecule is CCCCN(CCCC)Cc1ccccc1-c1nc2ccccc2c(=O)[nH]1. The monoisotopic (exact) mass is 363 g/mol. The van der Waals surface area contributed by atoms with Gasteiger partial charge in [-0.05, 0) is 43.6 Å². The number of hydrogen-bond donors (Lipinski definition) is 1. The number of fused-ring (bicyclic) bond motifs is 1. The molecule has 1 aromatic heterocycles. The zero-order valence-corrected chi connectivity index (χ0v) is 16.4. The average molecular weight is 364 g/mol. The van der Waals surface area contributed by atoms with Gasteiger partial charge >= 0.3 is 0 Å². The van der Waals surface area contributed by atoms with Crippen molar-refractivity contribution in [3.63, 3.8) is 0 Å². The van der Waals surface area contributed by atoms with Crippen molar-refractivity contribution in [2.75, 3.05) is 13.1 Å². The first-order valence-electron chi connectivity index (χ1n) is 10.0. The third-order valence-corrected chi connectivity index (χ3v) is 4.94. The minimum atomic E-state index is -0.0841. The molecule has 1 N–H and O–H groups in total. The van der Waals surface area contributed by atoms with Crippen molar-refractivity contribution in [2.45, 2.75) is 46.1 Å². The van der Waals surface area contributed by atoms with Crippen molar-refractivity contribution in [1.29, 1.82) is 0 Å². The number of nitrogens with one attached hydrogen (secondary N) is 1. The van der Waals surface area contributed by atoms with Gasteiger partial charge in [0.25, 0.3) is 5.56 Å². The molecule has 0 aliphatic rings. The molecule has 0 saturated carbocycles. The van der Waals surface area contributed by atoms with Crippen molar-refractivity contribution in [2.24, 2.45) is 0 Å². The Morgan fingerprint density at radius 2 is 1.59 bits per heavy atom. The highest BCUT2D eigenvalue weighted by atomic mass is 16.1. The zero-order valence-electron chi connectivity index (χ0n) is 16.4. The summed E-state index contributed by atoms with van der Waals surface area (Å²) in [7, 11) is 0. The van der Waals surface area contributed by atoms with E-state index in [0.29, 0.717) is 11.2 Å².